The molecule has 4 aromatic carbocycles. The van der Waals surface area contributed by atoms with Crippen LogP contribution in [0.4, 0.5) is 0 Å². The van der Waals surface area contributed by atoms with Gasteiger partial charge in [-0.25, -0.2) is 0 Å². The van der Waals surface area contributed by atoms with Gasteiger partial charge in [0.15, 0.2) is 0 Å². The largest absolute Gasteiger partial charge is 0.507 e. The first-order valence-corrected chi connectivity index (χ1v) is 13.2. The number of hydrogen-bond acceptors (Lipinski definition) is 4. The van der Waals surface area contributed by atoms with Gasteiger partial charge >= 0.3 is 0 Å². The molecule has 0 heterocycles. The molecule has 0 amide bonds. The number of benzene rings is 4. The third kappa shape index (κ3) is 5.09. The van der Waals surface area contributed by atoms with E-state index >= 15 is 0 Å². The molecule has 0 aliphatic rings. The van der Waals surface area contributed by atoms with Crippen LogP contribution < -0.4 is 9.47 Å². The van der Waals surface area contributed by atoms with Gasteiger partial charge in [-0.05, 0) is 94.8 Å². The first-order valence-electron chi connectivity index (χ1n) is 13.2. The van der Waals surface area contributed by atoms with Crippen LogP contribution >= 0.6 is 0 Å². The number of phenols is 2. The van der Waals surface area contributed by atoms with Crippen molar-refractivity contribution in [2.45, 2.75) is 65.2 Å². The number of aryl methyl sites for hydroxylation is 2. The Bertz CT molecular complexity index is 1250. The third-order valence-electron chi connectivity index (χ3n) is 7.17. The lowest BCUT2D eigenvalue weighted by Gasteiger charge is -2.19. The van der Waals surface area contributed by atoms with Crippen molar-refractivity contribution >= 4 is 21.5 Å². The normalized spacial score (nSPS) is 11.3. The highest BCUT2D eigenvalue weighted by atomic mass is 16.5. The lowest BCUT2D eigenvalue weighted by atomic mass is 9.87. The second kappa shape index (κ2) is 11.6. The van der Waals surface area contributed by atoms with E-state index in [1.54, 1.807) is 14.2 Å². The molecule has 0 aliphatic heterocycles. The van der Waals surface area contributed by atoms with E-state index in [1.165, 1.54) is 0 Å². The minimum absolute atomic E-state index is 0.167. The Morgan fingerprint density at radius 2 is 0.972 bits per heavy atom. The summed E-state index contributed by atoms with van der Waals surface area (Å²) in [5, 5.41) is 26.8. The van der Waals surface area contributed by atoms with Crippen LogP contribution in [-0.2, 0) is 12.8 Å². The molecule has 2 N–H and O–H groups in total. The molecule has 0 aromatic heterocycles. The first kappa shape index (κ1) is 25.7. The van der Waals surface area contributed by atoms with Crippen LogP contribution in [0.3, 0.4) is 0 Å². The molecule has 0 radical (unpaired) electrons. The standard InChI is InChI=1S/C32H38O4/c1-5-7-9-11-21-17-29(33)31(27-19-23(35-3)13-15-25(21)27)32-28-20-24(36-4)14-16-26(28)22(18-30(32)34)12-10-8-6-2/h13-20,33-34H,5-12H2,1-4H3. The van der Waals surface area contributed by atoms with E-state index in [0.29, 0.717) is 22.6 Å². The Morgan fingerprint density at radius 3 is 1.33 bits per heavy atom. The van der Waals surface area contributed by atoms with Crippen molar-refractivity contribution < 1.29 is 19.7 Å². The molecule has 4 heteroatoms. The minimum atomic E-state index is 0.167. The maximum Gasteiger partial charge on any atom is 0.124 e. The first-order chi connectivity index (χ1) is 17.5. The molecule has 190 valence electrons. The summed E-state index contributed by atoms with van der Waals surface area (Å²) >= 11 is 0. The molecule has 0 saturated carbocycles. The molecule has 4 nitrogen and oxygen atoms in total. The molecule has 0 fully saturated rings. The monoisotopic (exact) mass is 486 g/mol. The summed E-state index contributed by atoms with van der Waals surface area (Å²) in [7, 11) is 3.29. The maximum absolute atomic E-state index is 11.4. The Morgan fingerprint density at radius 1 is 0.556 bits per heavy atom. The average Bonchev–Trinajstić information content (AvgIpc) is 2.89. The van der Waals surface area contributed by atoms with Gasteiger partial charge in [-0.1, -0.05) is 51.7 Å². The van der Waals surface area contributed by atoms with Gasteiger partial charge in [0.1, 0.15) is 23.0 Å². The number of ether oxygens (including phenoxy) is 2. The van der Waals surface area contributed by atoms with Gasteiger partial charge in [-0.15, -0.1) is 0 Å². The Kier molecular flexibility index (Phi) is 8.25. The van der Waals surface area contributed by atoms with Crippen molar-refractivity contribution in [1.82, 2.24) is 0 Å². The van der Waals surface area contributed by atoms with Crippen molar-refractivity contribution in [3.63, 3.8) is 0 Å². The fraction of sp³-hybridized carbons (Fsp3) is 0.375. The van der Waals surface area contributed by atoms with E-state index in [9.17, 15) is 10.2 Å². The number of methoxy groups -OCH3 is 2. The molecule has 0 atom stereocenters. The van der Waals surface area contributed by atoms with E-state index in [1.807, 2.05) is 36.4 Å². The van der Waals surface area contributed by atoms with Crippen LogP contribution in [0.25, 0.3) is 32.7 Å². The smallest absolute Gasteiger partial charge is 0.124 e. The zero-order valence-corrected chi connectivity index (χ0v) is 22.0. The highest BCUT2D eigenvalue weighted by Crippen LogP contribution is 2.48. The molecule has 4 aromatic rings. The molecule has 0 unspecified atom stereocenters. The summed E-state index contributed by atoms with van der Waals surface area (Å²) in [6.07, 6.45) is 8.48. The van der Waals surface area contributed by atoms with Crippen molar-refractivity contribution in [2.75, 3.05) is 14.2 Å². The summed E-state index contributed by atoms with van der Waals surface area (Å²) in [5.74, 6) is 1.76. The van der Waals surface area contributed by atoms with Gasteiger partial charge in [0.05, 0.1) is 14.2 Å². The van der Waals surface area contributed by atoms with Gasteiger partial charge in [0.25, 0.3) is 0 Å². The van der Waals surface area contributed by atoms with E-state index < -0.39 is 0 Å². The van der Waals surface area contributed by atoms with Crippen LogP contribution in [0, 0.1) is 0 Å². The van der Waals surface area contributed by atoms with E-state index in [-0.39, 0.29) is 11.5 Å². The van der Waals surface area contributed by atoms with E-state index in [2.05, 4.69) is 26.0 Å². The van der Waals surface area contributed by atoms with Crippen molar-refractivity contribution in [3.8, 4) is 34.1 Å². The van der Waals surface area contributed by atoms with Crippen LogP contribution in [-0.4, -0.2) is 24.4 Å². The zero-order chi connectivity index (χ0) is 25.7. The van der Waals surface area contributed by atoms with Crippen LogP contribution in [0.1, 0.15) is 63.5 Å². The number of fused-ring (bicyclic) bond motifs is 2. The topological polar surface area (TPSA) is 58.9 Å². The van der Waals surface area contributed by atoms with Crippen molar-refractivity contribution in [2.24, 2.45) is 0 Å². The summed E-state index contributed by atoms with van der Waals surface area (Å²) in [6.45, 7) is 4.38. The maximum atomic E-state index is 11.4. The van der Waals surface area contributed by atoms with E-state index in [4.69, 9.17) is 9.47 Å². The van der Waals surface area contributed by atoms with Gasteiger partial charge in [0, 0.05) is 11.1 Å². The van der Waals surface area contributed by atoms with Crippen LogP contribution in [0.2, 0.25) is 0 Å². The predicted octanol–water partition coefficient (Wildman–Crippen LogP) is 8.55. The molecule has 0 bridgehead atoms. The Hall–Kier alpha value is -3.40. The summed E-state index contributed by atoms with van der Waals surface area (Å²) < 4.78 is 11.1. The quantitative estimate of drug-likeness (QED) is 0.209. The zero-order valence-electron chi connectivity index (χ0n) is 22.0. The van der Waals surface area contributed by atoms with Gasteiger partial charge in [0.2, 0.25) is 0 Å². The minimum Gasteiger partial charge on any atom is -0.507 e. The number of rotatable bonds is 11. The number of phenolic OH excluding ortho intramolecular Hbond substituents is 2. The van der Waals surface area contributed by atoms with Gasteiger partial charge in [-0.2, -0.15) is 0 Å². The molecule has 0 aliphatic carbocycles. The molecule has 36 heavy (non-hydrogen) atoms. The number of unbranched alkanes of at least 4 members (excludes halogenated alkanes) is 4. The fourth-order valence-electron chi connectivity index (χ4n) is 5.25. The summed E-state index contributed by atoms with van der Waals surface area (Å²) in [4.78, 5) is 0. The van der Waals surface area contributed by atoms with Crippen molar-refractivity contribution in [1.29, 1.82) is 0 Å². The molecule has 0 saturated heterocycles. The van der Waals surface area contributed by atoms with Gasteiger partial charge in [-0.3, -0.25) is 0 Å². The number of hydrogen-bond donors (Lipinski definition) is 2. The third-order valence-corrected chi connectivity index (χ3v) is 7.17. The van der Waals surface area contributed by atoms with Gasteiger partial charge < -0.3 is 19.7 Å². The fourth-order valence-corrected chi connectivity index (χ4v) is 5.25. The Labute approximate surface area is 214 Å². The second-order valence-electron chi connectivity index (χ2n) is 9.60. The number of aromatic hydroxyl groups is 2. The van der Waals surface area contributed by atoms with Crippen LogP contribution in [0.15, 0.2) is 48.5 Å². The molecule has 0 spiro atoms. The van der Waals surface area contributed by atoms with E-state index in [0.717, 1.165) is 84.0 Å². The summed E-state index contributed by atoms with van der Waals surface area (Å²) in [5.41, 5.74) is 3.47. The average molecular weight is 487 g/mol. The van der Waals surface area contributed by atoms with Crippen LogP contribution in [0.5, 0.6) is 23.0 Å². The molecular formula is C32H38O4. The summed E-state index contributed by atoms with van der Waals surface area (Å²) in [6, 6.07) is 15.7. The lowest BCUT2D eigenvalue weighted by Crippen LogP contribution is -1.96. The highest BCUT2D eigenvalue weighted by molar-refractivity contribution is 6.11. The SMILES string of the molecule is CCCCCc1cc(O)c(-c2c(O)cc(CCCCC)c3ccc(OC)cc23)c2cc(OC)ccc12. The predicted molar refractivity (Wildman–Crippen MR) is 150 cm³/mol. The van der Waals surface area contributed by atoms with Crippen molar-refractivity contribution in [3.05, 3.63) is 59.7 Å². The molecule has 4 rings (SSSR count). The Balaban J connectivity index is 2.01. The second-order valence-corrected chi connectivity index (χ2v) is 9.60. The lowest BCUT2D eigenvalue weighted by molar-refractivity contribution is 0.415. The highest BCUT2D eigenvalue weighted by Gasteiger charge is 2.21. The molecular weight excluding hydrogens is 448 g/mol.